The number of hydrogen-bond acceptors (Lipinski definition) is 6. The number of carbonyl (C=O) groups excluding carboxylic acids is 1. The first-order chi connectivity index (χ1) is 13.6. The lowest BCUT2D eigenvalue weighted by molar-refractivity contribution is -0.116. The van der Waals surface area contributed by atoms with Gasteiger partial charge < -0.3 is 15.2 Å². The molecule has 6 nitrogen and oxygen atoms in total. The van der Waals surface area contributed by atoms with Crippen LogP contribution in [-0.4, -0.2) is 49.4 Å². The van der Waals surface area contributed by atoms with Gasteiger partial charge in [-0.1, -0.05) is 42.5 Å². The summed E-state index contributed by atoms with van der Waals surface area (Å²) in [6, 6.07) is 11.7. The van der Waals surface area contributed by atoms with Crippen LogP contribution in [0.1, 0.15) is 23.7 Å². The van der Waals surface area contributed by atoms with Crippen molar-refractivity contribution in [2.75, 3.05) is 12.9 Å². The predicted octanol–water partition coefficient (Wildman–Crippen LogP) is 1.06. The summed E-state index contributed by atoms with van der Waals surface area (Å²) in [6.45, 7) is -0.919. The summed E-state index contributed by atoms with van der Waals surface area (Å²) in [6.07, 6.45) is 2.37. The number of rotatable bonds is 9. The maximum atomic E-state index is 13.4. The van der Waals surface area contributed by atoms with Crippen LogP contribution in [0.5, 0.6) is 0 Å². The van der Waals surface area contributed by atoms with Gasteiger partial charge in [0, 0.05) is 18.6 Å². The van der Waals surface area contributed by atoms with E-state index in [4.69, 9.17) is 10.0 Å². The largest absolute Gasteiger partial charge is 0.488 e. The Morgan fingerprint density at radius 3 is 2.17 bits per heavy atom. The van der Waals surface area contributed by atoms with E-state index in [1.165, 1.54) is 48.6 Å². The quantitative estimate of drug-likeness (QED) is 0.413. The first kappa shape index (κ1) is 23.0. The zero-order valence-corrected chi connectivity index (χ0v) is 16.6. The average molecular weight is 420 g/mol. The van der Waals surface area contributed by atoms with Gasteiger partial charge in [-0.3, -0.25) is 9.18 Å². The van der Waals surface area contributed by atoms with E-state index in [2.05, 4.69) is 0 Å². The highest BCUT2D eigenvalue weighted by Crippen LogP contribution is 2.26. The third-order valence-electron chi connectivity index (χ3n) is 4.45. The minimum atomic E-state index is -3.38. The Hall–Kier alpha value is -2.33. The molecule has 2 aromatic carbocycles. The second-order valence-electron chi connectivity index (χ2n) is 6.74. The molecular weight excluding hydrogens is 398 g/mol. The maximum Gasteiger partial charge on any atom is 0.488 e. The van der Waals surface area contributed by atoms with Gasteiger partial charge in [0.2, 0.25) is 0 Å². The first-order valence-corrected chi connectivity index (χ1v) is 10.7. The zero-order chi connectivity index (χ0) is 21.6. The van der Waals surface area contributed by atoms with Crippen LogP contribution in [-0.2, 0) is 14.6 Å². The van der Waals surface area contributed by atoms with Crippen molar-refractivity contribution in [2.45, 2.75) is 17.4 Å². The smallest absolute Gasteiger partial charge is 0.423 e. The number of carbonyl (C=O) groups is 1. The lowest BCUT2D eigenvalue weighted by atomic mass is 9.80. The van der Waals surface area contributed by atoms with Gasteiger partial charge >= 0.3 is 7.12 Å². The van der Waals surface area contributed by atoms with Gasteiger partial charge in [0.25, 0.3) is 0 Å². The van der Waals surface area contributed by atoms with Gasteiger partial charge in [-0.05, 0) is 34.8 Å². The van der Waals surface area contributed by atoms with Gasteiger partial charge in [0.1, 0.15) is 0 Å². The van der Waals surface area contributed by atoms with Gasteiger partial charge in [-0.2, -0.15) is 0 Å². The molecule has 2 aromatic rings. The Morgan fingerprint density at radius 1 is 1.10 bits per heavy atom. The highest BCUT2D eigenvalue weighted by molar-refractivity contribution is 7.90. The molecule has 0 radical (unpaired) electrons. The molecule has 0 saturated heterocycles. The molecule has 154 valence electrons. The predicted molar refractivity (Wildman–Crippen MR) is 109 cm³/mol. The summed E-state index contributed by atoms with van der Waals surface area (Å²) >= 11 is 0. The Morgan fingerprint density at radius 2 is 1.69 bits per heavy atom. The second kappa shape index (κ2) is 9.93. The Labute approximate surface area is 169 Å². The molecule has 0 saturated carbocycles. The fourth-order valence-electron chi connectivity index (χ4n) is 2.73. The van der Waals surface area contributed by atoms with Crippen LogP contribution in [0.3, 0.4) is 0 Å². The summed E-state index contributed by atoms with van der Waals surface area (Å²) in [5.41, 5.74) is 1.29. The zero-order valence-electron chi connectivity index (χ0n) is 15.8. The fourth-order valence-corrected chi connectivity index (χ4v) is 3.36. The third kappa shape index (κ3) is 6.61. The average Bonchev–Trinajstić information content (AvgIpc) is 2.69. The molecule has 0 aliphatic carbocycles. The van der Waals surface area contributed by atoms with E-state index in [0.717, 1.165) is 6.26 Å². The summed E-state index contributed by atoms with van der Waals surface area (Å²) in [5, 5.41) is 28.5. The first-order valence-electron chi connectivity index (χ1n) is 8.83. The van der Waals surface area contributed by atoms with E-state index in [-0.39, 0.29) is 17.1 Å². The Kier molecular flexibility index (Phi) is 7.86. The number of alkyl halides is 1. The van der Waals surface area contributed by atoms with E-state index in [9.17, 15) is 22.7 Å². The molecule has 9 heteroatoms. The fraction of sp³-hybridized carbons (Fsp3) is 0.250. The lowest BCUT2D eigenvalue weighted by Gasteiger charge is -2.19. The molecule has 0 spiro atoms. The number of aliphatic hydroxyl groups is 1. The number of aliphatic hydroxyl groups excluding tert-OH is 1. The monoisotopic (exact) mass is 420 g/mol. The molecule has 1 unspecified atom stereocenters. The van der Waals surface area contributed by atoms with Crippen molar-refractivity contribution < 1.29 is 32.8 Å². The van der Waals surface area contributed by atoms with Gasteiger partial charge in [-0.15, -0.1) is 0 Å². The van der Waals surface area contributed by atoms with Gasteiger partial charge in [0.05, 0.1) is 17.7 Å². The molecule has 2 atom stereocenters. The SMILES string of the molecule is CS(=O)(=O)c1ccc([C@H](O)C(CF)CC(=O)/C=C/c2ccc(B(O)O)cc2)cc1. The highest BCUT2D eigenvalue weighted by atomic mass is 32.2. The number of benzene rings is 2. The van der Waals surface area contributed by atoms with Crippen LogP contribution < -0.4 is 5.46 Å². The number of hydrogen-bond donors (Lipinski definition) is 3. The molecule has 0 aliphatic heterocycles. The molecule has 0 bridgehead atoms. The standard InChI is InChI=1S/C20H22BFO6S/c1-29(27,28)19-10-5-15(6-11-19)20(24)16(13-22)12-18(23)9-4-14-2-7-17(8-3-14)21(25)26/h2-11,16,20,24-26H,12-13H2,1H3/b9-4+/t16?,20-/m0/s1. The molecule has 2 rings (SSSR count). The third-order valence-corrected chi connectivity index (χ3v) is 5.58. The van der Waals surface area contributed by atoms with Crippen molar-refractivity contribution in [3.63, 3.8) is 0 Å². The van der Waals surface area contributed by atoms with E-state index in [1.807, 2.05) is 0 Å². The molecule has 29 heavy (non-hydrogen) atoms. The highest BCUT2D eigenvalue weighted by Gasteiger charge is 2.23. The summed E-state index contributed by atoms with van der Waals surface area (Å²) in [5.74, 6) is -1.35. The molecule has 0 heterocycles. The molecule has 3 N–H and O–H groups in total. The molecule has 0 fully saturated rings. The number of ketones is 1. The van der Waals surface area contributed by atoms with Crippen molar-refractivity contribution in [1.82, 2.24) is 0 Å². The molecular formula is C20H22BFO6S. The number of allylic oxidation sites excluding steroid dienone is 1. The van der Waals surface area contributed by atoms with Crippen LogP contribution in [0.4, 0.5) is 4.39 Å². The van der Waals surface area contributed by atoms with E-state index in [0.29, 0.717) is 16.6 Å². The van der Waals surface area contributed by atoms with Crippen LogP contribution in [0.2, 0.25) is 0 Å². The van der Waals surface area contributed by atoms with Crippen molar-refractivity contribution in [2.24, 2.45) is 5.92 Å². The lowest BCUT2D eigenvalue weighted by Crippen LogP contribution is -2.29. The van der Waals surface area contributed by atoms with E-state index >= 15 is 0 Å². The summed E-state index contributed by atoms with van der Waals surface area (Å²) < 4.78 is 36.4. The normalized spacial score (nSPS) is 14.0. The van der Waals surface area contributed by atoms with Crippen molar-refractivity contribution in [3.05, 3.63) is 65.7 Å². The van der Waals surface area contributed by atoms with Crippen LogP contribution in [0.15, 0.2) is 59.5 Å². The number of halogens is 1. The van der Waals surface area contributed by atoms with Gasteiger partial charge in [-0.25, -0.2) is 8.42 Å². The van der Waals surface area contributed by atoms with Crippen LogP contribution >= 0.6 is 0 Å². The maximum absolute atomic E-state index is 13.4. The van der Waals surface area contributed by atoms with Gasteiger partial charge in [0.15, 0.2) is 15.6 Å². The minimum Gasteiger partial charge on any atom is -0.423 e. The minimum absolute atomic E-state index is 0.0870. The summed E-state index contributed by atoms with van der Waals surface area (Å²) in [4.78, 5) is 12.2. The van der Waals surface area contributed by atoms with E-state index in [1.54, 1.807) is 12.1 Å². The Bertz CT molecular complexity index is 955. The van der Waals surface area contributed by atoms with E-state index < -0.39 is 35.7 Å². The van der Waals surface area contributed by atoms with Crippen molar-refractivity contribution in [3.8, 4) is 0 Å². The Balaban J connectivity index is 2.03. The molecule has 0 amide bonds. The van der Waals surface area contributed by atoms with Crippen molar-refractivity contribution in [1.29, 1.82) is 0 Å². The molecule has 0 aliphatic rings. The van der Waals surface area contributed by atoms with Crippen molar-refractivity contribution >= 4 is 34.3 Å². The van der Waals surface area contributed by atoms with Crippen LogP contribution in [0.25, 0.3) is 6.08 Å². The summed E-state index contributed by atoms with van der Waals surface area (Å²) in [7, 11) is -4.95. The second-order valence-corrected chi connectivity index (χ2v) is 8.76. The topological polar surface area (TPSA) is 112 Å². The molecule has 0 aromatic heterocycles. The number of sulfone groups is 1. The van der Waals surface area contributed by atoms with Crippen LogP contribution in [0, 0.1) is 5.92 Å².